The van der Waals surface area contributed by atoms with Crippen LogP contribution >= 0.6 is 15.9 Å². The quantitative estimate of drug-likeness (QED) is 0.582. The second-order valence-corrected chi connectivity index (χ2v) is 7.20. The number of rotatable bonds is 4. The second-order valence-electron chi connectivity index (χ2n) is 6.28. The molecule has 136 valence electrons. The van der Waals surface area contributed by atoms with Crippen LogP contribution in [0.25, 0.3) is 0 Å². The molecule has 0 saturated carbocycles. The van der Waals surface area contributed by atoms with Crippen LogP contribution in [-0.2, 0) is 4.74 Å². The summed E-state index contributed by atoms with van der Waals surface area (Å²) in [6, 6.07) is 15.2. The maximum atomic E-state index is 12.6. The summed E-state index contributed by atoms with van der Waals surface area (Å²) in [7, 11) is 0. The van der Waals surface area contributed by atoms with Crippen molar-refractivity contribution in [2.45, 2.75) is 25.9 Å². The Kier molecular flexibility index (Phi) is 6.41. The van der Waals surface area contributed by atoms with Crippen molar-refractivity contribution in [1.82, 2.24) is 5.32 Å². The van der Waals surface area contributed by atoms with Gasteiger partial charge in [-0.05, 0) is 50.1 Å². The predicted molar refractivity (Wildman–Crippen MR) is 108 cm³/mol. The SMILES string of the molecule is Cc1cccc(C(=O)NC(=NCC2CCCO2)Nc2cccc(Br)c2)c1. The molecular formula is C20H22BrN3O2. The van der Waals surface area contributed by atoms with E-state index >= 15 is 0 Å². The van der Waals surface area contributed by atoms with E-state index in [1.807, 2.05) is 49.4 Å². The number of anilines is 1. The molecule has 1 aliphatic heterocycles. The van der Waals surface area contributed by atoms with Crippen molar-refractivity contribution >= 4 is 33.5 Å². The molecule has 6 heteroatoms. The van der Waals surface area contributed by atoms with Crippen LogP contribution in [0.4, 0.5) is 5.69 Å². The van der Waals surface area contributed by atoms with Crippen LogP contribution in [0.2, 0.25) is 0 Å². The minimum Gasteiger partial charge on any atom is -0.376 e. The van der Waals surface area contributed by atoms with Gasteiger partial charge in [0.25, 0.3) is 5.91 Å². The maximum Gasteiger partial charge on any atom is 0.257 e. The molecule has 1 unspecified atom stereocenters. The number of carbonyl (C=O) groups excluding carboxylic acids is 1. The molecule has 26 heavy (non-hydrogen) atoms. The monoisotopic (exact) mass is 415 g/mol. The molecule has 1 heterocycles. The van der Waals surface area contributed by atoms with E-state index in [9.17, 15) is 4.79 Å². The molecule has 3 rings (SSSR count). The molecule has 0 aliphatic carbocycles. The lowest BCUT2D eigenvalue weighted by molar-refractivity contribution is 0.0975. The molecular weight excluding hydrogens is 394 g/mol. The van der Waals surface area contributed by atoms with Crippen molar-refractivity contribution in [3.05, 3.63) is 64.1 Å². The van der Waals surface area contributed by atoms with Crippen molar-refractivity contribution in [2.75, 3.05) is 18.5 Å². The number of aryl methyl sites for hydroxylation is 1. The van der Waals surface area contributed by atoms with Crippen LogP contribution in [-0.4, -0.2) is 31.1 Å². The van der Waals surface area contributed by atoms with E-state index in [1.165, 1.54) is 0 Å². The number of nitrogens with one attached hydrogen (secondary N) is 2. The fraction of sp³-hybridized carbons (Fsp3) is 0.300. The molecule has 2 N–H and O–H groups in total. The van der Waals surface area contributed by atoms with Crippen molar-refractivity contribution < 1.29 is 9.53 Å². The first kappa shape index (κ1) is 18.6. The molecule has 2 aromatic rings. The van der Waals surface area contributed by atoms with Crippen LogP contribution in [0, 0.1) is 6.92 Å². The summed E-state index contributed by atoms with van der Waals surface area (Å²) >= 11 is 3.45. The largest absolute Gasteiger partial charge is 0.376 e. The fourth-order valence-electron chi connectivity index (χ4n) is 2.76. The second kappa shape index (κ2) is 8.96. The lowest BCUT2D eigenvalue weighted by atomic mass is 10.1. The average molecular weight is 416 g/mol. The van der Waals surface area contributed by atoms with E-state index in [1.54, 1.807) is 6.07 Å². The summed E-state index contributed by atoms with van der Waals surface area (Å²) in [5.74, 6) is 0.229. The van der Waals surface area contributed by atoms with Crippen molar-refractivity contribution in [2.24, 2.45) is 4.99 Å². The Bertz CT molecular complexity index is 801. The smallest absolute Gasteiger partial charge is 0.257 e. The Labute approximate surface area is 162 Å². The molecule has 1 amide bonds. The molecule has 2 aromatic carbocycles. The van der Waals surface area contributed by atoms with E-state index < -0.39 is 0 Å². The molecule has 1 saturated heterocycles. The number of hydrogen-bond acceptors (Lipinski definition) is 3. The summed E-state index contributed by atoms with van der Waals surface area (Å²) in [4.78, 5) is 17.1. The van der Waals surface area contributed by atoms with Gasteiger partial charge in [0, 0.05) is 22.3 Å². The van der Waals surface area contributed by atoms with Gasteiger partial charge in [0.15, 0.2) is 0 Å². The van der Waals surface area contributed by atoms with E-state index in [0.29, 0.717) is 18.1 Å². The number of benzene rings is 2. The van der Waals surface area contributed by atoms with Crippen LogP contribution in [0.3, 0.4) is 0 Å². The zero-order chi connectivity index (χ0) is 18.4. The standard InChI is InChI=1S/C20H22BrN3O2/c1-14-5-2-6-15(11-14)19(25)24-20(22-13-18-9-4-10-26-18)23-17-8-3-7-16(21)12-17/h2-3,5-8,11-12,18H,4,9-10,13H2,1H3,(H2,22,23,24,25). The zero-order valence-electron chi connectivity index (χ0n) is 14.7. The summed E-state index contributed by atoms with van der Waals surface area (Å²) in [5.41, 5.74) is 2.48. The van der Waals surface area contributed by atoms with Crippen LogP contribution in [0.15, 0.2) is 58.0 Å². The van der Waals surface area contributed by atoms with E-state index in [0.717, 1.165) is 35.2 Å². The highest BCUT2D eigenvalue weighted by Crippen LogP contribution is 2.16. The number of carbonyl (C=O) groups is 1. The van der Waals surface area contributed by atoms with Crippen LogP contribution in [0.5, 0.6) is 0 Å². The van der Waals surface area contributed by atoms with Crippen LogP contribution in [0.1, 0.15) is 28.8 Å². The highest BCUT2D eigenvalue weighted by Gasteiger charge is 2.16. The van der Waals surface area contributed by atoms with Gasteiger partial charge in [0.2, 0.25) is 5.96 Å². The van der Waals surface area contributed by atoms with Gasteiger partial charge in [-0.15, -0.1) is 0 Å². The van der Waals surface area contributed by atoms with Gasteiger partial charge < -0.3 is 10.1 Å². The predicted octanol–water partition coefficient (Wildman–Crippen LogP) is 4.13. The summed E-state index contributed by atoms with van der Waals surface area (Å²) < 4.78 is 6.57. The zero-order valence-corrected chi connectivity index (χ0v) is 16.3. The van der Waals surface area contributed by atoms with Crippen molar-refractivity contribution in [3.8, 4) is 0 Å². The van der Waals surface area contributed by atoms with Gasteiger partial charge in [0.05, 0.1) is 12.6 Å². The van der Waals surface area contributed by atoms with Gasteiger partial charge in [-0.1, -0.05) is 39.7 Å². The maximum absolute atomic E-state index is 12.6. The number of aliphatic imine (C=N–C) groups is 1. The molecule has 0 radical (unpaired) electrons. The minimum absolute atomic E-state index is 0.116. The van der Waals surface area contributed by atoms with Crippen molar-refractivity contribution in [3.63, 3.8) is 0 Å². The van der Waals surface area contributed by atoms with Crippen molar-refractivity contribution in [1.29, 1.82) is 0 Å². The fourth-order valence-corrected chi connectivity index (χ4v) is 3.16. The molecule has 0 bridgehead atoms. The third kappa shape index (κ3) is 5.41. The highest BCUT2D eigenvalue weighted by atomic mass is 79.9. The Balaban J connectivity index is 1.75. The topological polar surface area (TPSA) is 62.7 Å². The van der Waals surface area contributed by atoms with Gasteiger partial charge >= 0.3 is 0 Å². The third-order valence-electron chi connectivity index (χ3n) is 4.08. The number of amides is 1. The van der Waals surface area contributed by atoms with Gasteiger partial charge in [0.1, 0.15) is 0 Å². The average Bonchev–Trinajstić information content (AvgIpc) is 3.13. The number of hydrogen-bond donors (Lipinski definition) is 2. The normalized spacial score (nSPS) is 17.2. The van der Waals surface area contributed by atoms with Crippen LogP contribution < -0.4 is 10.6 Å². The first-order chi connectivity index (χ1) is 12.6. The van der Waals surface area contributed by atoms with Gasteiger partial charge in [-0.2, -0.15) is 0 Å². The molecule has 0 aromatic heterocycles. The van der Waals surface area contributed by atoms with E-state index in [-0.39, 0.29) is 12.0 Å². The molecule has 1 fully saturated rings. The Morgan fingerprint density at radius 1 is 1.27 bits per heavy atom. The Morgan fingerprint density at radius 3 is 2.85 bits per heavy atom. The van der Waals surface area contributed by atoms with Gasteiger partial charge in [-0.25, -0.2) is 4.99 Å². The number of ether oxygens (including phenoxy) is 1. The number of guanidine groups is 1. The van der Waals surface area contributed by atoms with Gasteiger partial charge in [-0.3, -0.25) is 10.1 Å². The molecule has 0 spiro atoms. The summed E-state index contributed by atoms with van der Waals surface area (Å²) in [6.07, 6.45) is 2.18. The molecule has 5 nitrogen and oxygen atoms in total. The number of nitrogens with zero attached hydrogens (tertiary/aromatic N) is 1. The van der Waals surface area contributed by atoms with E-state index in [2.05, 4.69) is 31.6 Å². The summed E-state index contributed by atoms with van der Waals surface area (Å²) in [6.45, 7) is 3.26. The molecule has 1 atom stereocenters. The lowest BCUT2D eigenvalue weighted by Crippen LogP contribution is -2.36. The lowest BCUT2D eigenvalue weighted by Gasteiger charge is -2.14. The minimum atomic E-state index is -0.192. The highest BCUT2D eigenvalue weighted by molar-refractivity contribution is 9.10. The Morgan fingerprint density at radius 2 is 2.12 bits per heavy atom. The number of halogens is 1. The van der Waals surface area contributed by atoms with E-state index in [4.69, 9.17) is 4.74 Å². The molecule has 1 aliphatic rings. The first-order valence-electron chi connectivity index (χ1n) is 8.67. The summed E-state index contributed by atoms with van der Waals surface area (Å²) in [5, 5.41) is 6.07. The Hall–Kier alpha value is -2.18. The first-order valence-corrected chi connectivity index (χ1v) is 9.46. The third-order valence-corrected chi connectivity index (χ3v) is 4.57.